The largest absolute Gasteiger partial charge is 0.373 e. The Balaban J connectivity index is 1.32. The maximum Gasteiger partial charge on any atom is 0.237 e. The lowest BCUT2D eigenvalue weighted by Crippen LogP contribution is -2.54. The van der Waals surface area contributed by atoms with Crippen LogP contribution in [0.2, 0.25) is 0 Å². The standard InChI is InChI=1S/C25H35N5O2/c1-27-16-22(15-26-27)25-23(18-28-10-5-2-6-11-28)32-14-13-30(25)24(31)19-29-12-9-20-7-3-4-8-21(20)17-29/h3-4,7-8,15-16,23,25H,2,5-6,9-14,17-19H2,1H3/t23-,25-/m0/s1. The molecule has 0 unspecified atom stereocenters. The summed E-state index contributed by atoms with van der Waals surface area (Å²) in [7, 11) is 1.93. The molecule has 4 heterocycles. The zero-order valence-corrected chi connectivity index (χ0v) is 19.2. The highest BCUT2D eigenvalue weighted by Crippen LogP contribution is 2.31. The van der Waals surface area contributed by atoms with E-state index in [9.17, 15) is 4.79 Å². The highest BCUT2D eigenvalue weighted by Gasteiger charge is 2.38. The second kappa shape index (κ2) is 9.73. The number of carbonyl (C=O) groups is 1. The molecule has 2 fully saturated rings. The van der Waals surface area contributed by atoms with Gasteiger partial charge < -0.3 is 14.5 Å². The fourth-order valence-corrected chi connectivity index (χ4v) is 5.52. The Morgan fingerprint density at radius 3 is 2.66 bits per heavy atom. The van der Waals surface area contributed by atoms with Gasteiger partial charge in [0.05, 0.1) is 31.5 Å². The summed E-state index contributed by atoms with van der Waals surface area (Å²) in [5.41, 5.74) is 3.84. The Hall–Kier alpha value is -2.22. The number of ether oxygens (including phenoxy) is 1. The van der Waals surface area contributed by atoms with E-state index >= 15 is 0 Å². The lowest BCUT2D eigenvalue weighted by atomic mass is 9.98. The van der Waals surface area contributed by atoms with Crippen LogP contribution in [0.5, 0.6) is 0 Å². The van der Waals surface area contributed by atoms with Gasteiger partial charge >= 0.3 is 0 Å². The third-order valence-corrected chi connectivity index (χ3v) is 7.19. The fraction of sp³-hybridized carbons (Fsp3) is 0.600. The molecule has 0 aliphatic carbocycles. The molecule has 32 heavy (non-hydrogen) atoms. The summed E-state index contributed by atoms with van der Waals surface area (Å²) in [5.74, 6) is 0.199. The molecular formula is C25H35N5O2. The summed E-state index contributed by atoms with van der Waals surface area (Å²) >= 11 is 0. The van der Waals surface area contributed by atoms with Crippen LogP contribution in [-0.2, 0) is 29.5 Å². The molecule has 1 aromatic carbocycles. The normalized spacial score (nSPS) is 25.0. The maximum absolute atomic E-state index is 13.6. The van der Waals surface area contributed by atoms with Crippen LogP contribution in [0.15, 0.2) is 36.7 Å². The van der Waals surface area contributed by atoms with Crippen LogP contribution in [-0.4, -0.2) is 82.4 Å². The van der Waals surface area contributed by atoms with E-state index in [2.05, 4.69) is 44.1 Å². The van der Waals surface area contributed by atoms with Gasteiger partial charge in [0, 0.05) is 45.0 Å². The highest BCUT2D eigenvalue weighted by atomic mass is 16.5. The number of aryl methyl sites for hydroxylation is 1. The molecule has 2 aromatic rings. The van der Waals surface area contributed by atoms with E-state index in [-0.39, 0.29) is 18.1 Å². The van der Waals surface area contributed by atoms with Crippen molar-refractivity contribution in [2.45, 2.75) is 44.4 Å². The van der Waals surface area contributed by atoms with E-state index in [1.807, 2.05) is 24.1 Å². The average Bonchev–Trinajstić information content (AvgIpc) is 3.25. The summed E-state index contributed by atoms with van der Waals surface area (Å²) in [5, 5.41) is 4.41. The first kappa shape index (κ1) is 21.6. The maximum atomic E-state index is 13.6. The number of aromatic nitrogens is 2. The summed E-state index contributed by atoms with van der Waals surface area (Å²) in [6, 6.07) is 8.52. The second-order valence-electron chi connectivity index (χ2n) is 9.48. The summed E-state index contributed by atoms with van der Waals surface area (Å²) in [4.78, 5) is 20.5. The number of fused-ring (bicyclic) bond motifs is 1. The molecule has 1 amide bonds. The van der Waals surface area contributed by atoms with E-state index in [0.29, 0.717) is 19.7 Å². The molecule has 7 nitrogen and oxygen atoms in total. The molecule has 0 saturated carbocycles. The summed E-state index contributed by atoms with van der Waals surface area (Å²) < 4.78 is 8.11. The summed E-state index contributed by atoms with van der Waals surface area (Å²) in [6.07, 6.45) is 8.76. The van der Waals surface area contributed by atoms with Crippen LogP contribution in [0, 0.1) is 0 Å². The van der Waals surface area contributed by atoms with E-state index < -0.39 is 0 Å². The minimum absolute atomic E-state index is 0.0166. The van der Waals surface area contributed by atoms with Gasteiger partial charge in [-0.1, -0.05) is 30.7 Å². The topological polar surface area (TPSA) is 53.8 Å². The number of amides is 1. The minimum atomic E-state index is -0.0797. The number of rotatable bonds is 5. The van der Waals surface area contributed by atoms with Crippen LogP contribution in [0.3, 0.4) is 0 Å². The number of hydrogen-bond donors (Lipinski definition) is 0. The van der Waals surface area contributed by atoms with Crippen molar-refractivity contribution in [1.82, 2.24) is 24.5 Å². The van der Waals surface area contributed by atoms with Crippen molar-refractivity contribution in [1.29, 1.82) is 0 Å². The first-order valence-electron chi connectivity index (χ1n) is 12.1. The first-order valence-corrected chi connectivity index (χ1v) is 12.1. The Labute approximate surface area is 190 Å². The predicted octanol–water partition coefficient (Wildman–Crippen LogP) is 2.23. The van der Waals surface area contributed by atoms with Crippen molar-refractivity contribution in [2.75, 3.05) is 45.9 Å². The summed E-state index contributed by atoms with van der Waals surface area (Å²) in [6.45, 7) is 6.61. The van der Waals surface area contributed by atoms with Gasteiger partial charge in [0.15, 0.2) is 0 Å². The number of likely N-dealkylation sites (tertiary alicyclic amines) is 1. The number of hydrogen-bond acceptors (Lipinski definition) is 5. The van der Waals surface area contributed by atoms with Crippen molar-refractivity contribution in [3.8, 4) is 0 Å². The van der Waals surface area contributed by atoms with Gasteiger partial charge in [0.1, 0.15) is 0 Å². The molecule has 5 rings (SSSR count). The van der Waals surface area contributed by atoms with Gasteiger partial charge in [-0.15, -0.1) is 0 Å². The lowest BCUT2D eigenvalue weighted by Gasteiger charge is -2.44. The van der Waals surface area contributed by atoms with Crippen molar-refractivity contribution >= 4 is 5.91 Å². The molecule has 0 N–H and O–H groups in total. The average molecular weight is 438 g/mol. The molecular weight excluding hydrogens is 402 g/mol. The van der Waals surface area contributed by atoms with Crippen molar-refractivity contribution in [2.24, 2.45) is 7.05 Å². The SMILES string of the molecule is Cn1cc([C@H]2[C@H](CN3CCCCC3)OCCN2C(=O)CN2CCc3ccccc3C2)cn1. The van der Waals surface area contributed by atoms with Gasteiger partial charge in [-0.3, -0.25) is 14.4 Å². The number of nitrogens with zero attached hydrogens (tertiary/aromatic N) is 5. The lowest BCUT2D eigenvalue weighted by molar-refractivity contribution is -0.150. The van der Waals surface area contributed by atoms with Crippen molar-refractivity contribution < 1.29 is 9.53 Å². The smallest absolute Gasteiger partial charge is 0.237 e. The van der Waals surface area contributed by atoms with Crippen LogP contribution in [0.4, 0.5) is 0 Å². The second-order valence-corrected chi connectivity index (χ2v) is 9.48. The number of piperidine rings is 1. The Bertz CT molecular complexity index is 923. The van der Waals surface area contributed by atoms with E-state index in [1.54, 1.807) is 0 Å². The molecule has 1 aromatic heterocycles. The van der Waals surface area contributed by atoms with Gasteiger partial charge in [-0.2, -0.15) is 5.10 Å². The van der Waals surface area contributed by atoms with Gasteiger partial charge in [0.2, 0.25) is 5.91 Å². The third kappa shape index (κ3) is 4.75. The van der Waals surface area contributed by atoms with Gasteiger partial charge in [0.25, 0.3) is 0 Å². The van der Waals surface area contributed by atoms with E-state index in [4.69, 9.17) is 4.74 Å². The molecule has 0 bridgehead atoms. The molecule has 0 radical (unpaired) electrons. The Morgan fingerprint density at radius 2 is 1.88 bits per heavy atom. The molecule has 0 spiro atoms. The van der Waals surface area contributed by atoms with Crippen LogP contribution in [0.1, 0.15) is 42.0 Å². The van der Waals surface area contributed by atoms with Crippen LogP contribution >= 0.6 is 0 Å². The van der Waals surface area contributed by atoms with Gasteiger partial charge in [-0.05, 0) is 43.5 Å². The first-order chi connectivity index (χ1) is 15.7. The van der Waals surface area contributed by atoms with Gasteiger partial charge in [-0.25, -0.2) is 0 Å². The molecule has 172 valence electrons. The zero-order chi connectivity index (χ0) is 21.9. The number of benzene rings is 1. The van der Waals surface area contributed by atoms with Crippen molar-refractivity contribution in [3.63, 3.8) is 0 Å². The monoisotopic (exact) mass is 437 g/mol. The molecule has 2 atom stereocenters. The van der Waals surface area contributed by atoms with Crippen molar-refractivity contribution in [3.05, 3.63) is 53.3 Å². The quantitative estimate of drug-likeness (QED) is 0.718. The Morgan fingerprint density at radius 1 is 1.06 bits per heavy atom. The number of morpholine rings is 1. The van der Waals surface area contributed by atoms with Crippen LogP contribution in [0.25, 0.3) is 0 Å². The minimum Gasteiger partial charge on any atom is -0.373 e. The molecule has 3 aliphatic heterocycles. The molecule has 7 heteroatoms. The fourth-order valence-electron chi connectivity index (χ4n) is 5.52. The molecule has 2 saturated heterocycles. The molecule has 3 aliphatic rings. The van der Waals surface area contributed by atoms with E-state index in [1.165, 1.54) is 30.4 Å². The predicted molar refractivity (Wildman–Crippen MR) is 123 cm³/mol. The Kier molecular flexibility index (Phi) is 6.57. The third-order valence-electron chi connectivity index (χ3n) is 7.19. The van der Waals surface area contributed by atoms with Crippen LogP contribution < -0.4 is 0 Å². The zero-order valence-electron chi connectivity index (χ0n) is 19.2. The van der Waals surface area contributed by atoms with E-state index in [0.717, 1.165) is 44.7 Å². The number of carbonyl (C=O) groups excluding carboxylic acids is 1. The highest BCUT2D eigenvalue weighted by molar-refractivity contribution is 5.79.